The summed E-state index contributed by atoms with van der Waals surface area (Å²) in [6.45, 7) is 11.0. The summed E-state index contributed by atoms with van der Waals surface area (Å²) in [5, 5.41) is 3.04. The van der Waals surface area contributed by atoms with Gasteiger partial charge in [0.1, 0.15) is 0 Å². The molecule has 0 atom stereocenters. The Bertz CT molecular complexity index is 1140. The Kier molecular flexibility index (Phi) is 8.29. The lowest BCUT2D eigenvalue weighted by Gasteiger charge is -2.19. The molecule has 3 rings (SSSR count). The number of amides is 1. The summed E-state index contributed by atoms with van der Waals surface area (Å²) in [6.07, 6.45) is 7.97. The minimum atomic E-state index is -0.117. The van der Waals surface area contributed by atoms with Crippen molar-refractivity contribution in [3.8, 4) is 17.5 Å². The summed E-state index contributed by atoms with van der Waals surface area (Å²) in [7, 11) is 0. The number of likely N-dealkylation sites (N-methyl/N-ethyl adjacent to an activating group) is 1. The lowest BCUT2D eigenvalue weighted by atomic mass is 9.98. The van der Waals surface area contributed by atoms with Gasteiger partial charge in [0.15, 0.2) is 0 Å². The molecule has 1 heterocycles. The fourth-order valence-corrected chi connectivity index (χ4v) is 3.35. The van der Waals surface area contributed by atoms with Crippen molar-refractivity contribution in [3.05, 3.63) is 96.3 Å². The third kappa shape index (κ3) is 7.82. The van der Waals surface area contributed by atoms with Crippen LogP contribution in [0.25, 0.3) is 5.69 Å². The molecule has 0 unspecified atom stereocenters. The van der Waals surface area contributed by atoms with Crippen LogP contribution in [0, 0.1) is 17.3 Å². The second kappa shape index (κ2) is 11.4. The van der Waals surface area contributed by atoms with Gasteiger partial charge in [-0.25, -0.2) is 0 Å². The van der Waals surface area contributed by atoms with Crippen molar-refractivity contribution in [3.63, 3.8) is 0 Å². The van der Waals surface area contributed by atoms with Gasteiger partial charge in [-0.05, 0) is 81.4 Å². The molecule has 4 heteroatoms. The van der Waals surface area contributed by atoms with Crippen LogP contribution in [-0.2, 0) is 6.54 Å². The number of aromatic nitrogens is 1. The van der Waals surface area contributed by atoms with Crippen LogP contribution in [0.4, 0.5) is 5.69 Å². The van der Waals surface area contributed by atoms with Gasteiger partial charge in [-0.3, -0.25) is 9.69 Å². The number of carbonyl (C=O) groups excluding carboxylic acids is 1. The van der Waals surface area contributed by atoms with E-state index in [1.165, 1.54) is 0 Å². The first-order chi connectivity index (χ1) is 15.8. The third-order valence-electron chi connectivity index (χ3n) is 5.06. The van der Waals surface area contributed by atoms with Crippen molar-refractivity contribution in [1.82, 2.24) is 9.47 Å². The van der Waals surface area contributed by atoms with Crippen molar-refractivity contribution in [2.45, 2.75) is 34.2 Å². The first-order valence-electron chi connectivity index (χ1n) is 11.4. The van der Waals surface area contributed by atoms with E-state index in [-0.39, 0.29) is 11.3 Å². The molecule has 1 N–H and O–H groups in total. The number of anilines is 1. The molecule has 4 nitrogen and oxygen atoms in total. The summed E-state index contributed by atoms with van der Waals surface area (Å²) in [5.74, 6) is 6.22. The maximum Gasteiger partial charge on any atom is 0.255 e. The molecule has 0 aliphatic carbocycles. The van der Waals surface area contributed by atoms with Gasteiger partial charge in [-0.2, -0.15) is 0 Å². The summed E-state index contributed by atoms with van der Waals surface area (Å²) in [4.78, 5) is 15.2. The summed E-state index contributed by atoms with van der Waals surface area (Å²) >= 11 is 0. The highest BCUT2D eigenvalue weighted by atomic mass is 16.1. The number of benzene rings is 2. The summed E-state index contributed by atoms with van der Waals surface area (Å²) in [6, 6.07) is 19.6. The predicted molar refractivity (Wildman–Crippen MR) is 137 cm³/mol. The Labute approximate surface area is 197 Å². The summed E-state index contributed by atoms with van der Waals surface area (Å²) < 4.78 is 1.99. The van der Waals surface area contributed by atoms with E-state index < -0.39 is 0 Å². The van der Waals surface area contributed by atoms with Gasteiger partial charge in [0.05, 0.1) is 0 Å². The molecule has 2 aromatic carbocycles. The fourth-order valence-electron chi connectivity index (χ4n) is 3.35. The molecule has 0 saturated carbocycles. The third-order valence-corrected chi connectivity index (χ3v) is 5.06. The van der Waals surface area contributed by atoms with Gasteiger partial charge in [-0.15, -0.1) is 0 Å². The van der Waals surface area contributed by atoms with Crippen LogP contribution in [0.15, 0.2) is 85.2 Å². The SMILES string of the molecule is CCN(CC=CC#CC(C)(C)C)Cc1cccc(NC(=O)c2cccc(-n3cccc3)c2)c1. The zero-order valence-corrected chi connectivity index (χ0v) is 20.0. The molecular formula is C29H33N3O. The fraction of sp³-hybridized carbons (Fsp3) is 0.276. The molecule has 0 fully saturated rings. The van der Waals surface area contributed by atoms with Gasteiger partial charge in [0, 0.05) is 47.8 Å². The van der Waals surface area contributed by atoms with Gasteiger partial charge < -0.3 is 9.88 Å². The Balaban J connectivity index is 1.62. The molecule has 1 amide bonds. The number of carbonyl (C=O) groups is 1. The summed E-state index contributed by atoms with van der Waals surface area (Å²) in [5.41, 5.74) is 3.56. The van der Waals surface area contributed by atoms with E-state index in [4.69, 9.17) is 0 Å². The second-order valence-corrected chi connectivity index (χ2v) is 9.04. The topological polar surface area (TPSA) is 37.3 Å². The number of hydrogen-bond donors (Lipinski definition) is 1. The van der Waals surface area contributed by atoms with Crippen LogP contribution in [0.2, 0.25) is 0 Å². The molecule has 3 aromatic rings. The molecule has 33 heavy (non-hydrogen) atoms. The van der Waals surface area contributed by atoms with Gasteiger partial charge >= 0.3 is 0 Å². The molecule has 0 radical (unpaired) electrons. The van der Waals surface area contributed by atoms with E-state index in [0.29, 0.717) is 5.56 Å². The monoisotopic (exact) mass is 439 g/mol. The highest BCUT2D eigenvalue weighted by Crippen LogP contribution is 2.16. The average molecular weight is 440 g/mol. The molecule has 0 bridgehead atoms. The lowest BCUT2D eigenvalue weighted by molar-refractivity contribution is 0.102. The number of nitrogens with one attached hydrogen (secondary N) is 1. The van der Waals surface area contributed by atoms with Gasteiger partial charge in [-0.1, -0.05) is 43.0 Å². The van der Waals surface area contributed by atoms with Crippen LogP contribution >= 0.6 is 0 Å². The zero-order valence-electron chi connectivity index (χ0n) is 20.0. The number of nitrogens with zero attached hydrogens (tertiary/aromatic N) is 2. The molecule has 0 aliphatic rings. The lowest BCUT2D eigenvalue weighted by Crippen LogP contribution is -2.23. The Hall–Kier alpha value is -3.55. The molecule has 170 valence electrons. The van der Waals surface area contributed by atoms with Crippen molar-refractivity contribution in [2.75, 3.05) is 18.4 Å². The molecule has 1 aromatic heterocycles. The van der Waals surface area contributed by atoms with Crippen LogP contribution in [0.1, 0.15) is 43.6 Å². The van der Waals surface area contributed by atoms with Crippen molar-refractivity contribution in [1.29, 1.82) is 0 Å². The van der Waals surface area contributed by atoms with Crippen LogP contribution in [0.3, 0.4) is 0 Å². The second-order valence-electron chi connectivity index (χ2n) is 9.04. The van der Waals surface area contributed by atoms with Crippen molar-refractivity contribution in [2.24, 2.45) is 5.41 Å². The standard InChI is InChI=1S/C29H33N3O/c1-5-31(18-8-6-7-17-29(2,3)4)23-24-13-11-15-26(21-24)30-28(33)25-14-12-16-27(22-25)32-19-9-10-20-32/h6,8-16,19-22H,5,18,23H2,1-4H3,(H,30,33). The van der Waals surface area contributed by atoms with E-state index in [9.17, 15) is 4.79 Å². The highest BCUT2D eigenvalue weighted by molar-refractivity contribution is 6.04. The van der Waals surface area contributed by atoms with Crippen LogP contribution in [0.5, 0.6) is 0 Å². The average Bonchev–Trinajstić information content (AvgIpc) is 3.33. The van der Waals surface area contributed by atoms with Gasteiger partial charge in [0.25, 0.3) is 5.91 Å². The zero-order chi connectivity index (χ0) is 23.7. The highest BCUT2D eigenvalue weighted by Gasteiger charge is 2.09. The Morgan fingerprint density at radius 3 is 2.55 bits per heavy atom. The molecule has 0 spiro atoms. The maximum atomic E-state index is 12.8. The first kappa shape index (κ1) is 24.1. The predicted octanol–water partition coefficient (Wildman–Crippen LogP) is 6.16. The Morgan fingerprint density at radius 2 is 1.82 bits per heavy atom. The number of allylic oxidation sites excluding steroid dienone is 1. The maximum absolute atomic E-state index is 12.8. The number of hydrogen-bond acceptors (Lipinski definition) is 2. The normalized spacial score (nSPS) is 11.4. The Morgan fingerprint density at radius 1 is 1.06 bits per heavy atom. The van der Waals surface area contributed by atoms with Crippen molar-refractivity contribution >= 4 is 11.6 Å². The van der Waals surface area contributed by atoms with Crippen LogP contribution in [-0.4, -0.2) is 28.5 Å². The van der Waals surface area contributed by atoms with E-state index in [0.717, 1.165) is 36.6 Å². The minimum absolute atomic E-state index is 0.0171. The first-order valence-corrected chi connectivity index (χ1v) is 11.4. The van der Waals surface area contributed by atoms with E-state index in [1.807, 2.05) is 77.6 Å². The smallest absolute Gasteiger partial charge is 0.255 e. The van der Waals surface area contributed by atoms with Crippen LogP contribution < -0.4 is 5.32 Å². The molecule has 0 saturated heterocycles. The quantitative estimate of drug-likeness (QED) is 0.427. The largest absolute Gasteiger partial charge is 0.324 e. The van der Waals surface area contributed by atoms with Crippen molar-refractivity contribution < 1.29 is 4.79 Å². The molecule has 0 aliphatic heterocycles. The van der Waals surface area contributed by atoms with E-state index >= 15 is 0 Å². The van der Waals surface area contributed by atoms with E-state index in [2.05, 4.69) is 61.9 Å². The van der Waals surface area contributed by atoms with Gasteiger partial charge in [0.2, 0.25) is 0 Å². The minimum Gasteiger partial charge on any atom is -0.324 e. The van der Waals surface area contributed by atoms with E-state index in [1.54, 1.807) is 0 Å². The number of rotatable bonds is 8. The molecular weight excluding hydrogens is 406 g/mol.